The molecule has 2 aromatic carbocycles. The SMILES string of the molecule is CCNC(=O)c1ccc(-n2c(=O)ccc3c(C)nc(Oc4ccc(C(C)=O)cc4)nc32)cc1. The topological polar surface area (TPSA) is 103 Å². The Bertz CT molecular complexity index is 1410. The monoisotopic (exact) mass is 442 g/mol. The van der Waals surface area contributed by atoms with Crippen molar-refractivity contribution >= 4 is 22.7 Å². The summed E-state index contributed by atoms with van der Waals surface area (Å²) in [5.74, 6) is 0.246. The number of nitrogens with zero attached hydrogens (tertiary/aromatic N) is 3. The molecule has 0 aliphatic heterocycles. The third-order valence-electron chi connectivity index (χ3n) is 5.12. The van der Waals surface area contributed by atoms with Crippen LogP contribution in [0.4, 0.5) is 0 Å². The number of rotatable bonds is 6. The van der Waals surface area contributed by atoms with Crippen LogP contribution in [0, 0.1) is 6.92 Å². The number of hydrogen-bond acceptors (Lipinski definition) is 6. The highest BCUT2D eigenvalue weighted by atomic mass is 16.5. The molecule has 1 amide bonds. The van der Waals surface area contributed by atoms with Crippen LogP contribution >= 0.6 is 0 Å². The zero-order chi connectivity index (χ0) is 23.5. The molecule has 2 aromatic heterocycles. The number of benzene rings is 2. The quantitative estimate of drug-likeness (QED) is 0.455. The van der Waals surface area contributed by atoms with Crippen molar-refractivity contribution in [1.82, 2.24) is 19.9 Å². The molecule has 0 spiro atoms. The Morgan fingerprint density at radius 1 is 0.939 bits per heavy atom. The first-order valence-electron chi connectivity index (χ1n) is 10.4. The van der Waals surface area contributed by atoms with Crippen molar-refractivity contribution in [2.75, 3.05) is 6.54 Å². The predicted octanol–water partition coefficient (Wildman–Crippen LogP) is 3.83. The van der Waals surface area contributed by atoms with E-state index < -0.39 is 0 Å². The van der Waals surface area contributed by atoms with Gasteiger partial charge in [0.05, 0.1) is 11.4 Å². The molecule has 4 rings (SSSR count). The number of aryl methyl sites for hydroxylation is 1. The Balaban J connectivity index is 1.76. The highest BCUT2D eigenvalue weighted by molar-refractivity contribution is 5.94. The van der Waals surface area contributed by atoms with Gasteiger partial charge in [0.15, 0.2) is 11.4 Å². The van der Waals surface area contributed by atoms with E-state index in [1.165, 1.54) is 17.6 Å². The molecule has 0 unspecified atom stereocenters. The van der Waals surface area contributed by atoms with Gasteiger partial charge in [-0.05, 0) is 75.4 Å². The van der Waals surface area contributed by atoms with Crippen LogP contribution in [0.3, 0.4) is 0 Å². The number of ether oxygens (including phenoxy) is 1. The minimum atomic E-state index is -0.275. The summed E-state index contributed by atoms with van der Waals surface area (Å²) in [5, 5.41) is 3.44. The molecule has 0 bridgehead atoms. The number of Topliss-reactive ketones (excluding diaryl/α,β-unsaturated/α-hetero) is 1. The molecule has 0 saturated carbocycles. The van der Waals surface area contributed by atoms with Crippen molar-refractivity contribution in [3.05, 3.63) is 87.8 Å². The lowest BCUT2D eigenvalue weighted by atomic mass is 10.1. The Morgan fingerprint density at radius 3 is 2.24 bits per heavy atom. The molecule has 1 N–H and O–H groups in total. The fourth-order valence-electron chi connectivity index (χ4n) is 3.42. The Labute approximate surface area is 189 Å². The maximum absolute atomic E-state index is 12.8. The van der Waals surface area contributed by atoms with Crippen LogP contribution in [0.25, 0.3) is 16.7 Å². The zero-order valence-electron chi connectivity index (χ0n) is 18.5. The van der Waals surface area contributed by atoms with Gasteiger partial charge in [-0.3, -0.25) is 19.0 Å². The summed E-state index contributed by atoms with van der Waals surface area (Å²) in [6.07, 6.45) is 0. The summed E-state index contributed by atoms with van der Waals surface area (Å²) in [6, 6.07) is 16.6. The predicted molar refractivity (Wildman–Crippen MR) is 124 cm³/mol. The molecular formula is C25H22N4O4. The van der Waals surface area contributed by atoms with Crippen molar-refractivity contribution in [3.63, 3.8) is 0 Å². The molecule has 0 radical (unpaired) electrons. The number of ketones is 1. The van der Waals surface area contributed by atoms with Crippen molar-refractivity contribution in [2.24, 2.45) is 0 Å². The van der Waals surface area contributed by atoms with Gasteiger partial charge in [-0.1, -0.05) is 0 Å². The lowest BCUT2D eigenvalue weighted by molar-refractivity contribution is 0.0954. The van der Waals surface area contributed by atoms with E-state index in [-0.39, 0.29) is 23.3 Å². The zero-order valence-corrected chi connectivity index (χ0v) is 18.5. The molecule has 0 fully saturated rings. The van der Waals surface area contributed by atoms with E-state index in [1.807, 2.05) is 13.8 Å². The number of carbonyl (C=O) groups excluding carboxylic acids is 2. The Morgan fingerprint density at radius 2 is 1.61 bits per heavy atom. The van der Waals surface area contributed by atoms with Gasteiger partial charge in [0.1, 0.15) is 5.75 Å². The highest BCUT2D eigenvalue weighted by Crippen LogP contribution is 2.24. The fraction of sp³-hybridized carbons (Fsp3) is 0.160. The van der Waals surface area contributed by atoms with Gasteiger partial charge < -0.3 is 10.1 Å². The summed E-state index contributed by atoms with van der Waals surface area (Å²) in [4.78, 5) is 45.2. The average Bonchev–Trinajstić information content (AvgIpc) is 2.79. The van der Waals surface area contributed by atoms with Crippen LogP contribution in [0.15, 0.2) is 65.5 Å². The van der Waals surface area contributed by atoms with Crippen LogP contribution in [0.1, 0.15) is 40.3 Å². The van der Waals surface area contributed by atoms with E-state index in [9.17, 15) is 14.4 Å². The number of amides is 1. The van der Waals surface area contributed by atoms with E-state index in [2.05, 4.69) is 15.3 Å². The molecular weight excluding hydrogens is 420 g/mol. The minimum absolute atomic E-state index is 0.0402. The first-order valence-corrected chi connectivity index (χ1v) is 10.4. The van der Waals surface area contributed by atoms with Gasteiger partial charge in [0, 0.05) is 29.1 Å². The maximum atomic E-state index is 12.8. The summed E-state index contributed by atoms with van der Waals surface area (Å²) < 4.78 is 7.26. The largest absolute Gasteiger partial charge is 0.424 e. The van der Waals surface area contributed by atoms with Gasteiger partial charge in [0.25, 0.3) is 11.5 Å². The first-order chi connectivity index (χ1) is 15.9. The van der Waals surface area contributed by atoms with Crippen LogP contribution in [-0.4, -0.2) is 32.8 Å². The molecule has 33 heavy (non-hydrogen) atoms. The highest BCUT2D eigenvalue weighted by Gasteiger charge is 2.14. The van der Waals surface area contributed by atoms with Gasteiger partial charge in [-0.15, -0.1) is 0 Å². The van der Waals surface area contributed by atoms with Gasteiger partial charge in [0.2, 0.25) is 0 Å². The molecule has 4 aromatic rings. The van der Waals surface area contributed by atoms with E-state index in [0.717, 1.165) is 0 Å². The van der Waals surface area contributed by atoms with E-state index in [1.54, 1.807) is 54.6 Å². The van der Waals surface area contributed by atoms with Crippen molar-refractivity contribution in [1.29, 1.82) is 0 Å². The molecule has 0 aliphatic carbocycles. The van der Waals surface area contributed by atoms with Gasteiger partial charge >= 0.3 is 6.01 Å². The van der Waals surface area contributed by atoms with E-state index in [0.29, 0.717) is 45.8 Å². The summed E-state index contributed by atoms with van der Waals surface area (Å²) >= 11 is 0. The van der Waals surface area contributed by atoms with Crippen molar-refractivity contribution < 1.29 is 14.3 Å². The van der Waals surface area contributed by atoms with Crippen LogP contribution in [-0.2, 0) is 0 Å². The average molecular weight is 442 g/mol. The van der Waals surface area contributed by atoms with E-state index >= 15 is 0 Å². The summed E-state index contributed by atoms with van der Waals surface area (Å²) in [5.41, 5.74) is 2.39. The smallest absolute Gasteiger partial charge is 0.324 e. The lowest BCUT2D eigenvalue weighted by Gasteiger charge is -2.13. The second-order valence-electron chi connectivity index (χ2n) is 7.42. The Kier molecular flexibility index (Phi) is 5.99. The maximum Gasteiger partial charge on any atom is 0.324 e. The van der Waals surface area contributed by atoms with E-state index in [4.69, 9.17) is 4.74 Å². The molecule has 0 saturated heterocycles. The third kappa shape index (κ3) is 4.50. The van der Waals surface area contributed by atoms with Crippen LogP contribution < -0.4 is 15.6 Å². The fourth-order valence-corrected chi connectivity index (χ4v) is 3.42. The molecule has 2 heterocycles. The molecule has 8 heteroatoms. The number of carbonyl (C=O) groups is 2. The number of pyridine rings is 1. The number of aromatic nitrogens is 3. The second kappa shape index (κ2) is 9.04. The number of hydrogen-bond donors (Lipinski definition) is 1. The van der Waals surface area contributed by atoms with Crippen molar-refractivity contribution in [2.45, 2.75) is 20.8 Å². The normalized spacial score (nSPS) is 10.8. The summed E-state index contributed by atoms with van der Waals surface area (Å²) in [6.45, 7) is 5.68. The molecule has 0 aliphatic rings. The second-order valence-corrected chi connectivity index (χ2v) is 7.42. The summed E-state index contributed by atoms with van der Waals surface area (Å²) in [7, 11) is 0. The van der Waals surface area contributed by atoms with Crippen LogP contribution in [0.2, 0.25) is 0 Å². The Hall–Kier alpha value is -4.33. The lowest BCUT2D eigenvalue weighted by Crippen LogP contribution is -2.23. The molecule has 8 nitrogen and oxygen atoms in total. The number of fused-ring (bicyclic) bond motifs is 1. The third-order valence-corrected chi connectivity index (χ3v) is 5.12. The molecule has 166 valence electrons. The molecule has 0 atom stereocenters. The van der Waals surface area contributed by atoms with Gasteiger partial charge in [-0.25, -0.2) is 0 Å². The first kappa shape index (κ1) is 21.9. The van der Waals surface area contributed by atoms with Gasteiger partial charge in [-0.2, -0.15) is 9.97 Å². The number of nitrogens with one attached hydrogen (secondary N) is 1. The van der Waals surface area contributed by atoms with Crippen molar-refractivity contribution in [3.8, 4) is 17.4 Å². The van der Waals surface area contributed by atoms with Crippen LogP contribution in [0.5, 0.6) is 11.8 Å². The standard InChI is InChI=1S/C25H22N4O4/c1-4-26-24(32)18-5-9-19(10-6-18)29-22(31)14-13-21-15(2)27-25(28-23(21)29)33-20-11-7-17(8-12-20)16(3)30/h5-14H,4H2,1-3H3,(H,26,32). The minimum Gasteiger partial charge on any atom is -0.424 e.